The Morgan fingerprint density at radius 2 is 2.64 bits per heavy atom. The van der Waals surface area contributed by atoms with Gasteiger partial charge in [0.05, 0.1) is 25.1 Å². The van der Waals surface area contributed by atoms with Crippen LogP contribution in [0, 0.1) is 0 Å². The van der Waals surface area contributed by atoms with Gasteiger partial charge in [-0.05, 0) is 7.05 Å². The number of aliphatic hydroxyl groups excluding tert-OH is 1. The Kier molecular flexibility index (Phi) is 2.81. The number of morpholine rings is 1. The molecule has 0 spiro atoms. The molecule has 1 fully saturated rings. The van der Waals surface area contributed by atoms with Crippen molar-refractivity contribution in [3.8, 4) is 0 Å². The van der Waals surface area contributed by atoms with Gasteiger partial charge in [-0.1, -0.05) is 0 Å². The molecule has 1 aliphatic heterocycles. The molecule has 1 aromatic rings. The molecule has 0 aliphatic carbocycles. The third-order valence-corrected chi connectivity index (χ3v) is 2.39. The van der Waals surface area contributed by atoms with Crippen LogP contribution in [0.5, 0.6) is 0 Å². The first-order valence-electron chi connectivity index (χ1n) is 4.74. The normalized spacial score (nSPS) is 24.0. The van der Waals surface area contributed by atoms with Crippen LogP contribution in [0.2, 0.25) is 0 Å². The molecule has 1 aromatic heterocycles. The summed E-state index contributed by atoms with van der Waals surface area (Å²) in [5, 5.41) is 8.88. The van der Waals surface area contributed by atoms with Gasteiger partial charge in [-0.15, -0.1) is 0 Å². The van der Waals surface area contributed by atoms with Crippen LogP contribution in [-0.4, -0.2) is 46.7 Å². The summed E-state index contributed by atoms with van der Waals surface area (Å²) in [6.45, 7) is 2.54. The first kappa shape index (κ1) is 9.64. The van der Waals surface area contributed by atoms with Crippen LogP contribution < -0.4 is 0 Å². The number of likely N-dealkylation sites (N-methyl/N-ethyl adjacent to an activating group) is 1. The van der Waals surface area contributed by atoms with E-state index in [1.54, 1.807) is 6.20 Å². The number of rotatable bonds is 2. The minimum atomic E-state index is -0.00441. The van der Waals surface area contributed by atoms with E-state index in [0.717, 1.165) is 31.2 Å². The standard InChI is InChI=1S/C9H15N3O2/c1-12-2-3-14-8(5-12)9-10-4-7(6-13)11-9/h4,8,13H,2-3,5-6H2,1H3,(H,10,11). The summed E-state index contributed by atoms with van der Waals surface area (Å²) in [7, 11) is 2.06. The summed E-state index contributed by atoms with van der Waals surface area (Å²) in [4.78, 5) is 9.42. The first-order chi connectivity index (χ1) is 6.79. The number of aromatic amines is 1. The van der Waals surface area contributed by atoms with E-state index in [-0.39, 0.29) is 12.7 Å². The van der Waals surface area contributed by atoms with Crippen LogP contribution in [0.3, 0.4) is 0 Å². The van der Waals surface area contributed by atoms with Crippen LogP contribution in [0.4, 0.5) is 0 Å². The predicted octanol–water partition coefficient (Wildman–Crippen LogP) is -0.0949. The van der Waals surface area contributed by atoms with Crippen molar-refractivity contribution in [2.24, 2.45) is 0 Å². The van der Waals surface area contributed by atoms with E-state index in [1.807, 2.05) is 0 Å². The molecule has 1 atom stereocenters. The number of aromatic nitrogens is 2. The summed E-state index contributed by atoms with van der Waals surface area (Å²) in [5.41, 5.74) is 0.733. The number of H-pyrrole nitrogens is 1. The highest BCUT2D eigenvalue weighted by atomic mass is 16.5. The van der Waals surface area contributed by atoms with Crippen molar-refractivity contribution in [2.75, 3.05) is 26.7 Å². The van der Waals surface area contributed by atoms with Crippen molar-refractivity contribution in [1.29, 1.82) is 0 Å². The lowest BCUT2D eigenvalue weighted by Gasteiger charge is -2.28. The fourth-order valence-electron chi connectivity index (χ4n) is 1.56. The summed E-state index contributed by atoms with van der Waals surface area (Å²) in [5.74, 6) is 0.806. The Morgan fingerprint density at radius 1 is 1.79 bits per heavy atom. The fourth-order valence-corrected chi connectivity index (χ4v) is 1.56. The second-order valence-corrected chi connectivity index (χ2v) is 3.57. The molecule has 1 unspecified atom stereocenters. The SMILES string of the molecule is CN1CCOC(c2ncc(CO)[nH]2)C1. The van der Waals surface area contributed by atoms with E-state index in [2.05, 4.69) is 21.9 Å². The molecule has 2 rings (SSSR count). The molecule has 5 heteroatoms. The zero-order valence-corrected chi connectivity index (χ0v) is 8.23. The van der Waals surface area contributed by atoms with E-state index in [0.29, 0.717) is 0 Å². The minimum Gasteiger partial charge on any atom is -0.390 e. The number of nitrogens with one attached hydrogen (secondary N) is 1. The summed E-state index contributed by atoms with van der Waals surface area (Å²) < 4.78 is 5.58. The van der Waals surface area contributed by atoms with Crippen LogP contribution >= 0.6 is 0 Å². The molecule has 0 saturated carbocycles. The molecule has 0 aromatic carbocycles. The molecule has 14 heavy (non-hydrogen) atoms. The number of imidazole rings is 1. The van der Waals surface area contributed by atoms with Gasteiger partial charge in [0, 0.05) is 13.1 Å². The largest absolute Gasteiger partial charge is 0.390 e. The second-order valence-electron chi connectivity index (χ2n) is 3.57. The molecular formula is C9H15N3O2. The van der Waals surface area contributed by atoms with Gasteiger partial charge >= 0.3 is 0 Å². The maximum absolute atomic E-state index is 8.88. The maximum atomic E-state index is 8.88. The molecule has 0 bridgehead atoms. The zero-order chi connectivity index (χ0) is 9.97. The summed E-state index contributed by atoms with van der Waals surface area (Å²) >= 11 is 0. The van der Waals surface area contributed by atoms with Crippen molar-refractivity contribution in [3.63, 3.8) is 0 Å². The molecule has 0 radical (unpaired) electrons. The highest BCUT2D eigenvalue weighted by Crippen LogP contribution is 2.18. The van der Waals surface area contributed by atoms with E-state index in [9.17, 15) is 0 Å². The maximum Gasteiger partial charge on any atom is 0.136 e. The number of hydrogen-bond donors (Lipinski definition) is 2. The number of aliphatic hydroxyl groups is 1. The van der Waals surface area contributed by atoms with Crippen molar-refractivity contribution >= 4 is 0 Å². The molecule has 1 saturated heterocycles. The van der Waals surface area contributed by atoms with E-state index >= 15 is 0 Å². The first-order valence-corrected chi connectivity index (χ1v) is 4.74. The molecule has 2 heterocycles. The molecule has 0 amide bonds. The van der Waals surface area contributed by atoms with Gasteiger partial charge in [-0.2, -0.15) is 0 Å². The lowest BCUT2D eigenvalue weighted by atomic mass is 10.3. The topological polar surface area (TPSA) is 61.4 Å². The van der Waals surface area contributed by atoms with Gasteiger partial charge in [-0.25, -0.2) is 4.98 Å². The van der Waals surface area contributed by atoms with Gasteiger partial charge in [0.2, 0.25) is 0 Å². The predicted molar refractivity (Wildman–Crippen MR) is 50.7 cm³/mol. The van der Waals surface area contributed by atoms with Crippen LogP contribution in [0.15, 0.2) is 6.20 Å². The monoisotopic (exact) mass is 197 g/mol. The van der Waals surface area contributed by atoms with E-state index in [1.165, 1.54) is 0 Å². The van der Waals surface area contributed by atoms with Crippen molar-refractivity contribution in [1.82, 2.24) is 14.9 Å². The summed E-state index contributed by atoms with van der Waals surface area (Å²) in [6, 6.07) is 0. The van der Waals surface area contributed by atoms with E-state index < -0.39 is 0 Å². The highest BCUT2D eigenvalue weighted by Gasteiger charge is 2.21. The van der Waals surface area contributed by atoms with Gasteiger partial charge in [0.15, 0.2) is 0 Å². The van der Waals surface area contributed by atoms with Crippen LogP contribution in [0.1, 0.15) is 17.6 Å². The molecule has 2 N–H and O–H groups in total. The minimum absolute atomic E-state index is 0.00441. The highest BCUT2D eigenvalue weighted by molar-refractivity contribution is 5.03. The lowest BCUT2D eigenvalue weighted by Crippen LogP contribution is -2.35. The fraction of sp³-hybridized carbons (Fsp3) is 0.667. The quantitative estimate of drug-likeness (QED) is 0.695. The smallest absolute Gasteiger partial charge is 0.136 e. The number of nitrogens with zero attached hydrogens (tertiary/aromatic N) is 2. The Bertz CT molecular complexity index is 300. The Hall–Kier alpha value is -0.910. The third-order valence-electron chi connectivity index (χ3n) is 2.39. The van der Waals surface area contributed by atoms with Crippen molar-refractivity contribution in [3.05, 3.63) is 17.7 Å². The second kappa shape index (κ2) is 4.08. The molecular weight excluding hydrogens is 182 g/mol. The number of ether oxygens (including phenoxy) is 1. The van der Waals surface area contributed by atoms with Crippen molar-refractivity contribution in [2.45, 2.75) is 12.7 Å². The van der Waals surface area contributed by atoms with Crippen LogP contribution in [-0.2, 0) is 11.3 Å². The zero-order valence-electron chi connectivity index (χ0n) is 8.23. The Labute approximate surface area is 82.7 Å². The van der Waals surface area contributed by atoms with Crippen molar-refractivity contribution < 1.29 is 9.84 Å². The lowest BCUT2D eigenvalue weighted by molar-refractivity contribution is -0.0251. The van der Waals surface area contributed by atoms with Crippen LogP contribution in [0.25, 0.3) is 0 Å². The van der Waals surface area contributed by atoms with Gasteiger partial charge in [0.25, 0.3) is 0 Å². The molecule has 5 nitrogen and oxygen atoms in total. The van der Waals surface area contributed by atoms with E-state index in [4.69, 9.17) is 9.84 Å². The van der Waals surface area contributed by atoms with Gasteiger partial charge in [-0.3, -0.25) is 0 Å². The molecule has 78 valence electrons. The average Bonchev–Trinajstić information content (AvgIpc) is 2.66. The Balaban J connectivity index is 2.06. The third kappa shape index (κ3) is 1.95. The van der Waals surface area contributed by atoms with Gasteiger partial charge < -0.3 is 19.7 Å². The average molecular weight is 197 g/mol. The molecule has 1 aliphatic rings. The summed E-state index contributed by atoms with van der Waals surface area (Å²) in [6.07, 6.45) is 1.65. The number of hydrogen-bond acceptors (Lipinski definition) is 4. The van der Waals surface area contributed by atoms with Gasteiger partial charge in [0.1, 0.15) is 11.9 Å². The Morgan fingerprint density at radius 3 is 3.29 bits per heavy atom.